The Balaban J connectivity index is 1.95. The molecule has 0 bridgehead atoms. The number of hydrogen-bond acceptors (Lipinski definition) is 3. The van der Waals surface area contributed by atoms with Gasteiger partial charge in [0.2, 0.25) is 0 Å². The Morgan fingerprint density at radius 1 is 1.05 bits per heavy atom. The number of nitrogens with one attached hydrogen (secondary N) is 1. The van der Waals surface area contributed by atoms with Crippen LogP contribution in [0.2, 0.25) is 5.15 Å². The maximum Gasteiger partial charge on any atom is 0.275 e. The summed E-state index contributed by atoms with van der Waals surface area (Å²) in [6.45, 7) is 0. The fourth-order valence-corrected chi connectivity index (χ4v) is 2.12. The molecule has 1 aromatic heterocycles. The van der Waals surface area contributed by atoms with Gasteiger partial charge in [-0.05, 0) is 11.5 Å². The molecule has 0 unspecified atom stereocenters. The molecular formula is C15H10ClN3O. The lowest BCUT2D eigenvalue weighted by atomic mass is 10.1. The first-order valence-corrected chi connectivity index (χ1v) is 6.38. The highest BCUT2D eigenvalue weighted by Gasteiger charge is 2.10. The van der Waals surface area contributed by atoms with Crippen LogP contribution in [0.25, 0.3) is 10.8 Å². The number of rotatable bonds is 2. The van der Waals surface area contributed by atoms with Crippen molar-refractivity contribution in [3.63, 3.8) is 0 Å². The predicted octanol–water partition coefficient (Wildman–Crippen LogP) is 3.54. The summed E-state index contributed by atoms with van der Waals surface area (Å²) >= 11 is 5.73. The van der Waals surface area contributed by atoms with Gasteiger partial charge in [-0.15, -0.1) is 0 Å². The zero-order valence-corrected chi connectivity index (χ0v) is 11.1. The van der Waals surface area contributed by atoms with Crippen molar-refractivity contribution in [2.24, 2.45) is 0 Å². The molecule has 0 aliphatic heterocycles. The van der Waals surface area contributed by atoms with Gasteiger partial charge in [0.05, 0.1) is 12.4 Å². The van der Waals surface area contributed by atoms with Gasteiger partial charge in [0, 0.05) is 11.1 Å². The van der Waals surface area contributed by atoms with Crippen LogP contribution < -0.4 is 5.32 Å². The first kappa shape index (κ1) is 12.6. The number of benzene rings is 2. The van der Waals surface area contributed by atoms with E-state index < -0.39 is 0 Å². The first-order valence-electron chi connectivity index (χ1n) is 6.01. The molecule has 1 N–H and O–H groups in total. The molecule has 20 heavy (non-hydrogen) atoms. The molecule has 0 atom stereocenters. The summed E-state index contributed by atoms with van der Waals surface area (Å²) in [7, 11) is 0. The second-order valence-electron chi connectivity index (χ2n) is 4.21. The number of amides is 1. The maximum atomic E-state index is 12.1. The highest BCUT2D eigenvalue weighted by molar-refractivity contribution is 6.29. The van der Waals surface area contributed by atoms with E-state index in [1.165, 1.54) is 12.4 Å². The van der Waals surface area contributed by atoms with Crippen LogP contribution in [-0.4, -0.2) is 15.9 Å². The molecule has 1 amide bonds. The molecule has 0 saturated carbocycles. The number of halogens is 1. The molecule has 3 aromatic rings. The number of hydrogen-bond donors (Lipinski definition) is 1. The minimum Gasteiger partial charge on any atom is -0.320 e. The fraction of sp³-hybridized carbons (Fsp3) is 0. The van der Waals surface area contributed by atoms with Gasteiger partial charge in [0.25, 0.3) is 5.91 Å². The molecule has 2 aromatic carbocycles. The third-order valence-corrected chi connectivity index (χ3v) is 3.06. The molecule has 4 nitrogen and oxygen atoms in total. The van der Waals surface area contributed by atoms with Crippen molar-refractivity contribution < 1.29 is 4.79 Å². The predicted molar refractivity (Wildman–Crippen MR) is 78.9 cm³/mol. The third-order valence-electron chi connectivity index (χ3n) is 2.88. The highest BCUT2D eigenvalue weighted by atomic mass is 35.5. The molecular weight excluding hydrogens is 274 g/mol. The number of carbonyl (C=O) groups excluding carboxylic acids is 1. The van der Waals surface area contributed by atoms with Crippen molar-refractivity contribution >= 4 is 34.0 Å². The minimum atomic E-state index is -0.337. The summed E-state index contributed by atoms with van der Waals surface area (Å²) < 4.78 is 0. The lowest BCUT2D eigenvalue weighted by Crippen LogP contribution is -2.14. The van der Waals surface area contributed by atoms with Gasteiger partial charge in [-0.1, -0.05) is 48.0 Å². The smallest absolute Gasteiger partial charge is 0.275 e. The lowest BCUT2D eigenvalue weighted by molar-refractivity contribution is 0.102. The van der Waals surface area contributed by atoms with Gasteiger partial charge in [0.1, 0.15) is 10.8 Å². The van der Waals surface area contributed by atoms with Crippen molar-refractivity contribution in [2.45, 2.75) is 0 Å². The van der Waals surface area contributed by atoms with Crippen LogP contribution >= 0.6 is 11.6 Å². The third kappa shape index (κ3) is 2.46. The van der Waals surface area contributed by atoms with Gasteiger partial charge in [-0.2, -0.15) is 0 Å². The molecule has 98 valence electrons. The van der Waals surface area contributed by atoms with E-state index in [4.69, 9.17) is 11.6 Å². The zero-order chi connectivity index (χ0) is 13.9. The van der Waals surface area contributed by atoms with E-state index in [-0.39, 0.29) is 16.8 Å². The van der Waals surface area contributed by atoms with Crippen LogP contribution in [0.5, 0.6) is 0 Å². The van der Waals surface area contributed by atoms with Crippen molar-refractivity contribution in [2.75, 3.05) is 5.32 Å². The van der Waals surface area contributed by atoms with Gasteiger partial charge in [-0.25, -0.2) is 4.98 Å². The molecule has 0 fully saturated rings. The molecule has 3 rings (SSSR count). The van der Waals surface area contributed by atoms with Crippen LogP contribution in [-0.2, 0) is 0 Å². The number of anilines is 1. The Labute approximate surface area is 120 Å². The van der Waals surface area contributed by atoms with E-state index in [0.29, 0.717) is 0 Å². The number of fused-ring (bicyclic) bond motifs is 1. The number of carbonyl (C=O) groups is 1. The second-order valence-corrected chi connectivity index (χ2v) is 4.60. The maximum absolute atomic E-state index is 12.1. The monoisotopic (exact) mass is 283 g/mol. The summed E-state index contributed by atoms with van der Waals surface area (Å²) in [6, 6.07) is 13.6. The van der Waals surface area contributed by atoms with E-state index in [1.807, 2.05) is 42.5 Å². The molecule has 0 radical (unpaired) electrons. The number of nitrogens with zero attached hydrogens (tertiary/aromatic N) is 2. The molecule has 0 aliphatic carbocycles. The molecule has 0 saturated heterocycles. The van der Waals surface area contributed by atoms with Crippen molar-refractivity contribution in [1.82, 2.24) is 9.97 Å². The highest BCUT2D eigenvalue weighted by Crippen LogP contribution is 2.23. The van der Waals surface area contributed by atoms with Crippen molar-refractivity contribution in [3.8, 4) is 0 Å². The molecule has 0 spiro atoms. The Morgan fingerprint density at radius 3 is 2.70 bits per heavy atom. The van der Waals surface area contributed by atoms with Gasteiger partial charge in [-0.3, -0.25) is 9.78 Å². The Kier molecular flexibility index (Phi) is 3.31. The first-order chi connectivity index (χ1) is 9.74. The largest absolute Gasteiger partial charge is 0.320 e. The molecule has 1 heterocycles. The van der Waals surface area contributed by atoms with Crippen LogP contribution in [0.1, 0.15) is 10.5 Å². The summed E-state index contributed by atoms with van der Waals surface area (Å²) in [5.74, 6) is -0.337. The van der Waals surface area contributed by atoms with Gasteiger partial charge >= 0.3 is 0 Å². The average Bonchev–Trinajstić information content (AvgIpc) is 2.47. The standard InChI is InChI=1S/C15H10ClN3O/c16-14-9-17-8-13(18-14)15(20)19-12-7-3-5-10-4-1-2-6-11(10)12/h1-9H,(H,19,20). The molecule has 5 heteroatoms. The average molecular weight is 284 g/mol. The van der Waals surface area contributed by atoms with E-state index in [9.17, 15) is 4.79 Å². The van der Waals surface area contributed by atoms with Crippen LogP contribution in [0, 0.1) is 0 Å². The van der Waals surface area contributed by atoms with Gasteiger partial charge < -0.3 is 5.32 Å². The summed E-state index contributed by atoms with van der Waals surface area (Å²) in [6.07, 6.45) is 2.77. The number of aromatic nitrogens is 2. The van der Waals surface area contributed by atoms with E-state index in [1.54, 1.807) is 0 Å². The normalized spacial score (nSPS) is 10.4. The Morgan fingerprint density at radius 2 is 1.85 bits per heavy atom. The van der Waals surface area contributed by atoms with Crippen LogP contribution in [0.4, 0.5) is 5.69 Å². The van der Waals surface area contributed by atoms with E-state index in [0.717, 1.165) is 16.5 Å². The summed E-state index contributed by atoms with van der Waals surface area (Å²) in [5, 5.41) is 5.05. The fourth-order valence-electron chi connectivity index (χ4n) is 1.97. The second kappa shape index (κ2) is 5.27. The lowest BCUT2D eigenvalue weighted by Gasteiger charge is -2.08. The SMILES string of the molecule is O=C(Nc1cccc2ccccc12)c1cncc(Cl)n1. The van der Waals surface area contributed by atoms with Crippen molar-refractivity contribution in [3.05, 3.63) is 65.7 Å². The van der Waals surface area contributed by atoms with Crippen LogP contribution in [0.3, 0.4) is 0 Å². The zero-order valence-electron chi connectivity index (χ0n) is 10.4. The summed E-state index contributed by atoms with van der Waals surface area (Å²) in [4.78, 5) is 19.9. The summed E-state index contributed by atoms with van der Waals surface area (Å²) in [5.41, 5.74) is 0.917. The van der Waals surface area contributed by atoms with E-state index in [2.05, 4.69) is 15.3 Å². The topological polar surface area (TPSA) is 54.9 Å². The van der Waals surface area contributed by atoms with Gasteiger partial charge in [0.15, 0.2) is 0 Å². The molecule has 0 aliphatic rings. The van der Waals surface area contributed by atoms with Crippen LogP contribution in [0.15, 0.2) is 54.9 Å². The minimum absolute atomic E-state index is 0.186. The Bertz CT molecular complexity index is 783. The Hall–Kier alpha value is -2.46. The quantitative estimate of drug-likeness (QED) is 0.783. The van der Waals surface area contributed by atoms with Crippen molar-refractivity contribution in [1.29, 1.82) is 0 Å². The van der Waals surface area contributed by atoms with E-state index >= 15 is 0 Å².